The van der Waals surface area contributed by atoms with Crippen LogP contribution in [0.5, 0.6) is 5.75 Å². The van der Waals surface area contributed by atoms with Crippen LogP contribution >= 0.6 is 0 Å². The number of nitrogens with one attached hydrogen (secondary N) is 1. The molecule has 0 unspecified atom stereocenters. The first-order valence-electron chi connectivity index (χ1n) is 10.9. The number of anilines is 1. The quantitative estimate of drug-likeness (QED) is 0.826. The molecule has 6 nitrogen and oxygen atoms in total. The van der Waals surface area contributed by atoms with Crippen molar-refractivity contribution in [3.05, 3.63) is 60.2 Å². The van der Waals surface area contributed by atoms with Gasteiger partial charge in [-0.25, -0.2) is 4.79 Å². The minimum atomic E-state index is 0.0520. The average Bonchev–Trinajstić information content (AvgIpc) is 2.83. The van der Waals surface area contributed by atoms with Gasteiger partial charge < -0.3 is 19.9 Å². The fourth-order valence-corrected chi connectivity index (χ4v) is 4.54. The maximum absolute atomic E-state index is 12.7. The van der Waals surface area contributed by atoms with Gasteiger partial charge in [0.1, 0.15) is 5.75 Å². The van der Waals surface area contributed by atoms with Crippen LogP contribution in [-0.2, 0) is 6.54 Å². The van der Waals surface area contributed by atoms with E-state index in [9.17, 15) is 4.79 Å². The standard InChI is InChI=1S/C24H32N4O2/c1-30-23-12-6-5-11-22(23)27-16-14-26(15-17-27)21-10-7-13-28(19-21)24(29)25-18-20-8-3-2-4-9-20/h2-6,8-9,11-12,21H,7,10,13-19H2,1H3,(H,25,29)/t21-/m1/s1. The minimum absolute atomic E-state index is 0.0520. The summed E-state index contributed by atoms with van der Waals surface area (Å²) in [4.78, 5) is 19.6. The van der Waals surface area contributed by atoms with Crippen molar-refractivity contribution in [2.45, 2.75) is 25.4 Å². The van der Waals surface area contributed by atoms with Gasteiger partial charge in [0.05, 0.1) is 12.8 Å². The van der Waals surface area contributed by atoms with Crippen LogP contribution < -0.4 is 15.0 Å². The Hall–Kier alpha value is -2.73. The second-order valence-corrected chi connectivity index (χ2v) is 8.08. The van der Waals surface area contributed by atoms with Crippen molar-refractivity contribution < 1.29 is 9.53 Å². The van der Waals surface area contributed by atoms with E-state index in [-0.39, 0.29) is 6.03 Å². The number of carbonyl (C=O) groups is 1. The van der Waals surface area contributed by atoms with Crippen LogP contribution in [0.1, 0.15) is 18.4 Å². The first-order valence-corrected chi connectivity index (χ1v) is 10.9. The summed E-state index contributed by atoms with van der Waals surface area (Å²) in [7, 11) is 1.73. The van der Waals surface area contributed by atoms with Crippen LogP contribution in [0.4, 0.5) is 10.5 Å². The third-order valence-corrected chi connectivity index (χ3v) is 6.23. The maximum atomic E-state index is 12.7. The van der Waals surface area contributed by atoms with Gasteiger partial charge in [0.25, 0.3) is 0 Å². The summed E-state index contributed by atoms with van der Waals surface area (Å²) >= 11 is 0. The average molecular weight is 409 g/mol. The lowest BCUT2D eigenvalue weighted by atomic mass is 10.0. The highest BCUT2D eigenvalue weighted by atomic mass is 16.5. The Bertz CT molecular complexity index is 821. The van der Waals surface area contributed by atoms with Gasteiger partial charge in [-0.1, -0.05) is 42.5 Å². The highest BCUT2D eigenvalue weighted by Gasteiger charge is 2.30. The van der Waals surface area contributed by atoms with Crippen LogP contribution in [0.2, 0.25) is 0 Å². The predicted molar refractivity (Wildman–Crippen MR) is 120 cm³/mol. The molecule has 0 radical (unpaired) electrons. The van der Waals surface area contributed by atoms with E-state index in [0.717, 1.165) is 63.4 Å². The second-order valence-electron chi connectivity index (χ2n) is 8.08. The highest BCUT2D eigenvalue weighted by molar-refractivity contribution is 5.74. The predicted octanol–water partition coefficient (Wildman–Crippen LogP) is 3.19. The number of para-hydroxylation sites is 2. The SMILES string of the molecule is COc1ccccc1N1CCN([C@@H]2CCCN(C(=O)NCc3ccccc3)C2)CC1. The first kappa shape index (κ1) is 20.5. The molecular formula is C24H32N4O2. The van der Waals surface area contributed by atoms with Crippen LogP contribution in [0.15, 0.2) is 54.6 Å². The normalized spacial score (nSPS) is 20.1. The molecule has 2 aromatic carbocycles. The number of methoxy groups -OCH3 is 1. The third-order valence-electron chi connectivity index (χ3n) is 6.23. The number of hydrogen-bond acceptors (Lipinski definition) is 4. The molecule has 0 saturated carbocycles. The van der Waals surface area contributed by atoms with Gasteiger partial charge in [-0.3, -0.25) is 4.90 Å². The number of carbonyl (C=O) groups excluding carboxylic acids is 1. The van der Waals surface area contributed by atoms with E-state index in [0.29, 0.717) is 12.6 Å². The van der Waals surface area contributed by atoms with E-state index in [1.165, 1.54) is 5.69 Å². The Labute approximate surface area is 179 Å². The van der Waals surface area contributed by atoms with Gasteiger partial charge in [0, 0.05) is 51.9 Å². The zero-order valence-electron chi connectivity index (χ0n) is 17.8. The number of rotatable bonds is 5. The molecule has 2 saturated heterocycles. The number of likely N-dealkylation sites (tertiary alicyclic amines) is 1. The number of piperazine rings is 1. The summed E-state index contributed by atoms with van der Waals surface area (Å²) in [6.07, 6.45) is 2.23. The van der Waals surface area contributed by atoms with E-state index >= 15 is 0 Å². The number of hydrogen-bond donors (Lipinski definition) is 1. The molecule has 0 bridgehead atoms. The van der Waals surface area contributed by atoms with Crippen LogP contribution in [-0.4, -0.2) is 68.3 Å². The fourth-order valence-electron chi connectivity index (χ4n) is 4.54. The topological polar surface area (TPSA) is 48.1 Å². The summed E-state index contributed by atoms with van der Waals surface area (Å²) in [5.74, 6) is 0.935. The molecule has 0 spiro atoms. The van der Waals surface area contributed by atoms with E-state index in [1.807, 2.05) is 47.4 Å². The number of benzene rings is 2. The Kier molecular flexibility index (Phi) is 6.74. The fraction of sp³-hybridized carbons (Fsp3) is 0.458. The molecule has 1 N–H and O–H groups in total. The lowest BCUT2D eigenvalue weighted by Gasteiger charge is -2.44. The van der Waals surface area contributed by atoms with Crippen molar-refractivity contribution in [3.63, 3.8) is 0 Å². The van der Waals surface area contributed by atoms with E-state index in [2.05, 4.69) is 27.2 Å². The molecule has 0 aliphatic carbocycles. The Balaban J connectivity index is 1.28. The number of amides is 2. The smallest absolute Gasteiger partial charge is 0.317 e. The number of piperidine rings is 1. The molecule has 2 aliphatic rings. The molecule has 2 amide bonds. The lowest BCUT2D eigenvalue weighted by Crippen LogP contribution is -2.57. The molecule has 2 fully saturated rings. The van der Waals surface area contributed by atoms with Gasteiger partial charge in [-0.2, -0.15) is 0 Å². The molecule has 4 rings (SSSR count). The summed E-state index contributed by atoms with van der Waals surface area (Å²) in [5, 5.41) is 3.08. The second kappa shape index (κ2) is 9.85. The number of nitrogens with zero attached hydrogens (tertiary/aromatic N) is 3. The summed E-state index contributed by atoms with van der Waals surface area (Å²) in [5.41, 5.74) is 2.30. The minimum Gasteiger partial charge on any atom is -0.495 e. The van der Waals surface area contributed by atoms with Crippen molar-refractivity contribution in [1.82, 2.24) is 15.1 Å². The number of urea groups is 1. The molecule has 2 heterocycles. The van der Waals surface area contributed by atoms with E-state index in [4.69, 9.17) is 4.74 Å². The summed E-state index contributed by atoms with van der Waals surface area (Å²) in [6.45, 7) is 6.24. The molecular weight excluding hydrogens is 376 g/mol. The molecule has 0 aromatic heterocycles. The van der Waals surface area contributed by atoms with Crippen molar-refractivity contribution >= 4 is 11.7 Å². The first-order chi connectivity index (χ1) is 14.7. The third kappa shape index (κ3) is 4.87. The summed E-state index contributed by atoms with van der Waals surface area (Å²) in [6, 6.07) is 18.8. The summed E-state index contributed by atoms with van der Waals surface area (Å²) < 4.78 is 5.53. The van der Waals surface area contributed by atoms with Crippen molar-refractivity contribution in [1.29, 1.82) is 0 Å². The zero-order chi connectivity index (χ0) is 20.8. The van der Waals surface area contributed by atoms with Crippen LogP contribution in [0, 0.1) is 0 Å². The number of ether oxygens (including phenoxy) is 1. The van der Waals surface area contributed by atoms with Gasteiger partial charge in [0.2, 0.25) is 0 Å². The van der Waals surface area contributed by atoms with Gasteiger partial charge in [-0.05, 0) is 30.5 Å². The lowest BCUT2D eigenvalue weighted by molar-refractivity contribution is 0.104. The van der Waals surface area contributed by atoms with Crippen molar-refractivity contribution in [2.75, 3.05) is 51.3 Å². The largest absolute Gasteiger partial charge is 0.495 e. The maximum Gasteiger partial charge on any atom is 0.317 e. The Morgan fingerprint density at radius 3 is 2.50 bits per heavy atom. The van der Waals surface area contributed by atoms with Crippen LogP contribution in [0.3, 0.4) is 0 Å². The van der Waals surface area contributed by atoms with E-state index in [1.54, 1.807) is 7.11 Å². The molecule has 6 heteroatoms. The molecule has 2 aromatic rings. The van der Waals surface area contributed by atoms with Crippen molar-refractivity contribution in [3.8, 4) is 5.75 Å². The monoisotopic (exact) mass is 408 g/mol. The van der Waals surface area contributed by atoms with Gasteiger partial charge in [0.15, 0.2) is 0 Å². The van der Waals surface area contributed by atoms with Crippen molar-refractivity contribution in [2.24, 2.45) is 0 Å². The van der Waals surface area contributed by atoms with Gasteiger partial charge >= 0.3 is 6.03 Å². The Morgan fingerprint density at radius 2 is 1.73 bits per heavy atom. The van der Waals surface area contributed by atoms with E-state index < -0.39 is 0 Å². The van der Waals surface area contributed by atoms with Crippen LogP contribution in [0.25, 0.3) is 0 Å². The zero-order valence-corrected chi connectivity index (χ0v) is 17.8. The molecule has 1 atom stereocenters. The molecule has 30 heavy (non-hydrogen) atoms. The molecule has 160 valence electrons. The Morgan fingerprint density at radius 1 is 1.00 bits per heavy atom. The highest BCUT2D eigenvalue weighted by Crippen LogP contribution is 2.29. The van der Waals surface area contributed by atoms with Gasteiger partial charge in [-0.15, -0.1) is 0 Å². The molecule has 2 aliphatic heterocycles.